The maximum atomic E-state index is 12.7. The van der Waals surface area contributed by atoms with Crippen LogP contribution in [0, 0.1) is 5.82 Å². The third-order valence-corrected chi connectivity index (χ3v) is 3.26. The molecule has 2 rings (SSSR count). The monoisotopic (exact) mass is 327 g/mol. The van der Waals surface area contributed by atoms with Crippen molar-refractivity contribution in [2.24, 2.45) is 0 Å². The molecule has 0 atom stereocenters. The van der Waals surface area contributed by atoms with Gasteiger partial charge < -0.3 is 10.1 Å². The molecular weight excluding hydrogens is 316 g/mol. The van der Waals surface area contributed by atoms with Crippen LogP contribution in [-0.4, -0.2) is 12.5 Å². The Balaban J connectivity index is 1.80. The van der Waals surface area contributed by atoms with Crippen LogP contribution in [0.5, 0.6) is 5.75 Å². The molecule has 1 N–H and O–H groups in total. The average Bonchev–Trinajstić information content (AvgIpc) is 2.46. The van der Waals surface area contributed by atoms with Gasteiger partial charge in [-0.25, -0.2) is 4.39 Å². The van der Waals surface area contributed by atoms with Crippen molar-refractivity contribution in [1.82, 2.24) is 5.32 Å². The van der Waals surface area contributed by atoms with Crippen molar-refractivity contribution in [3.8, 4) is 5.75 Å². The normalized spacial score (nSPS) is 10.2. The molecule has 0 aromatic heterocycles. The fraction of sp³-hybridized carbons (Fsp3) is 0.133. The van der Waals surface area contributed by atoms with Crippen molar-refractivity contribution < 1.29 is 13.9 Å². The molecule has 0 fully saturated rings. The second kappa shape index (κ2) is 7.29. The summed E-state index contributed by atoms with van der Waals surface area (Å²) in [5.74, 6) is -0.231. The van der Waals surface area contributed by atoms with Gasteiger partial charge in [-0.05, 0) is 42.0 Å². The molecule has 0 bridgehead atoms. The zero-order valence-corrected chi connectivity index (χ0v) is 12.4. The van der Waals surface area contributed by atoms with Gasteiger partial charge in [-0.2, -0.15) is 0 Å². The second-order valence-electron chi connectivity index (χ2n) is 4.26. The Labute approximate surface area is 131 Å². The van der Waals surface area contributed by atoms with Gasteiger partial charge in [0.05, 0.1) is 0 Å². The van der Waals surface area contributed by atoms with E-state index in [0.29, 0.717) is 15.8 Å². The van der Waals surface area contributed by atoms with E-state index in [1.165, 1.54) is 24.3 Å². The van der Waals surface area contributed by atoms with E-state index < -0.39 is 0 Å². The first-order chi connectivity index (χ1) is 10.0. The van der Waals surface area contributed by atoms with E-state index in [4.69, 9.17) is 27.9 Å². The van der Waals surface area contributed by atoms with Crippen LogP contribution in [0.2, 0.25) is 10.0 Å². The Hall–Kier alpha value is -1.78. The zero-order chi connectivity index (χ0) is 15.2. The fourth-order valence-electron chi connectivity index (χ4n) is 1.59. The summed E-state index contributed by atoms with van der Waals surface area (Å²) in [5, 5.41) is 3.70. The molecular formula is C15H12Cl2FNO2. The summed E-state index contributed by atoms with van der Waals surface area (Å²) >= 11 is 11.8. The summed E-state index contributed by atoms with van der Waals surface area (Å²) in [6, 6.07) is 10.5. The van der Waals surface area contributed by atoms with Gasteiger partial charge >= 0.3 is 0 Å². The molecule has 110 valence electrons. The maximum Gasteiger partial charge on any atom is 0.258 e. The Morgan fingerprint density at radius 1 is 1.14 bits per heavy atom. The average molecular weight is 328 g/mol. The molecule has 0 radical (unpaired) electrons. The minimum atomic E-state index is -0.357. The summed E-state index contributed by atoms with van der Waals surface area (Å²) in [7, 11) is 0. The summed E-state index contributed by atoms with van der Waals surface area (Å²) < 4.78 is 17.9. The number of nitrogens with one attached hydrogen (secondary N) is 1. The molecule has 21 heavy (non-hydrogen) atoms. The highest BCUT2D eigenvalue weighted by molar-refractivity contribution is 6.35. The lowest BCUT2D eigenvalue weighted by Crippen LogP contribution is -2.28. The number of rotatable bonds is 5. The molecule has 0 unspecified atom stereocenters. The molecule has 0 aliphatic rings. The van der Waals surface area contributed by atoms with E-state index in [-0.39, 0.29) is 24.9 Å². The summed E-state index contributed by atoms with van der Waals surface area (Å²) in [6.07, 6.45) is 0. The standard InChI is InChI=1S/C15H12Cl2FNO2/c16-11-2-1-10(14(17)7-11)8-19-15(20)9-21-13-5-3-12(18)4-6-13/h1-7H,8-9H2,(H,19,20). The zero-order valence-electron chi connectivity index (χ0n) is 10.9. The van der Waals surface area contributed by atoms with Crippen LogP contribution in [0.3, 0.4) is 0 Å². The largest absolute Gasteiger partial charge is 0.484 e. The van der Waals surface area contributed by atoms with Crippen molar-refractivity contribution in [1.29, 1.82) is 0 Å². The first kappa shape index (κ1) is 15.6. The summed E-state index contributed by atoms with van der Waals surface area (Å²) in [5.41, 5.74) is 0.760. The smallest absolute Gasteiger partial charge is 0.258 e. The highest BCUT2D eigenvalue weighted by Crippen LogP contribution is 2.20. The van der Waals surface area contributed by atoms with Crippen LogP contribution in [-0.2, 0) is 11.3 Å². The predicted molar refractivity (Wildman–Crippen MR) is 80.2 cm³/mol. The van der Waals surface area contributed by atoms with E-state index in [1.807, 2.05) is 0 Å². The second-order valence-corrected chi connectivity index (χ2v) is 5.10. The lowest BCUT2D eigenvalue weighted by atomic mass is 10.2. The van der Waals surface area contributed by atoms with E-state index in [1.54, 1.807) is 18.2 Å². The number of hydrogen-bond donors (Lipinski definition) is 1. The van der Waals surface area contributed by atoms with E-state index in [0.717, 1.165) is 5.56 Å². The van der Waals surface area contributed by atoms with Gasteiger partial charge in [-0.1, -0.05) is 29.3 Å². The van der Waals surface area contributed by atoms with Crippen LogP contribution in [0.15, 0.2) is 42.5 Å². The Kier molecular flexibility index (Phi) is 5.42. The maximum absolute atomic E-state index is 12.7. The highest BCUT2D eigenvalue weighted by atomic mass is 35.5. The molecule has 0 aliphatic carbocycles. The Bertz CT molecular complexity index is 632. The van der Waals surface area contributed by atoms with E-state index in [2.05, 4.69) is 5.32 Å². The lowest BCUT2D eigenvalue weighted by molar-refractivity contribution is -0.123. The summed E-state index contributed by atoms with van der Waals surface area (Å²) in [4.78, 5) is 11.7. The van der Waals surface area contributed by atoms with Gasteiger partial charge in [0.1, 0.15) is 11.6 Å². The number of carbonyl (C=O) groups excluding carboxylic acids is 1. The molecule has 0 aliphatic heterocycles. The SMILES string of the molecule is O=C(COc1ccc(F)cc1)NCc1ccc(Cl)cc1Cl. The fourth-order valence-corrected chi connectivity index (χ4v) is 2.06. The lowest BCUT2D eigenvalue weighted by Gasteiger charge is -2.09. The molecule has 2 aromatic carbocycles. The van der Waals surface area contributed by atoms with Crippen molar-refractivity contribution in [3.63, 3.8) is 0 Å². The van der Waals surface area contributed by atoms with Gasteiger partial charge in [0.15, 0.2) is 6.61 Å². The highest BCUT2D eigenvalue weighted by Gasteiger charge is 2.06. The predicted octanol–water partition coefficient (Wildman–Crippen LogP) is 3.83. The number of benzene rings is 2. The van der Waals surface area contributed by atoms with Crippen molar-refractivity contribution in [2.45, 2.75) is 6.54 Å². The molecule has 6 heteroatoms. The third-order valence-electron chi connectivity index (χ3n) is 2.67. The van der Waals surface area contributed by atoms with Crippen molar-refractivity contribution >= 4 is 29.1 Å². The minimum Gasteiger partial charge on any atom is -0.484 e. The minimum absolute atomic E-state index is 0.156. The van der Waals surface area contributed by atoms with Crippen LogP contribution in [0.1, 0.15) is 5.56 Å². The first-order valence-corrected chi connectivity index (χ1v) is 6.89. The Morgan fingerprint density at radius 3 is 2.52 bits per heavy atom. The number of halogens is 3. The number of hydrogen-bond acceptors (Lipinski definition) is 2. The molecule has 0 saturated carbocycles. The molecule has 3 nitrogen and oxygen atoms in total. The van der Waals surface area contributed by atoms with Crippen LogP contribution in [0.25, 0.3) is 0 Å². The third kappa shape index (κ3) is 4.92. The van der Waals surface area contributed by atoms with Gasteiger partial charge in [0.25, 0.3) is 5.91 Å². The van der Waals surface area contributed by atoms with Gasteiger partial charge in [0.2, 0.25) is 0 Å². The quantitative estimate of drug-likeness (QED) is 0.906. The number of amides is 1. The van der Waals surface area contributed by atoms with E-state index in [9.17, 15) is 9.18 Å². The van der Waals surface area contributed by atoms with Crippen LogP contribution >= 0.6 is 23.2 Å². The van der Waals surface area contributed by atoms with Gasteiger partial charge in [0, 0.05) is 16.6 Å². The van der Waals surface area contributed by atoms with Crippen LogP contribution < -0.4 is 10.1 Å². The summed E-state index contributed by atoms with van der Waals surface area (Å²) in [6.45, 7) is 0.123. The molecule has 0 spiro atoms. The van der Waals surface area contributed by atoms with Crippen molar-refractivity contribution in [3.05, 3.63) is 63.9 Å². The molecule has 0 heterocycles. The topological polar surface area (TPSA) is 38.3 Å². The van der Waals surface area contributed by atoms with Crippen molar-refractivity contribution in [2.75, 3.05) is 6.61 Å². The molecule has 0 saturated heterocycles. The van der Waals surface area contributed by atoms with Gasteiger partial charge in [-0.3, -0.25) is 4.79 Å². The number of ether oxygens (including phenoxy) is 1. The molecule has 1 amide bonds. The van der Waals surface area contributed by atoms with Gasteiger partial charge in [-0.15, -0.1) is 0 Å². The van der Waals surface area contributed by atoms with Crippen LogP contribution in [0.4, 0.5) is 4.39 Å². The van der Waals surface area contributed by atoms with E-state index >= 15 is 0 Å². The first-order valence-electron chi connectivity index (χ1n) is 6.13. The number of carbonyl (C=O) groups is 1. The Morgan fingerprint density at radius 2 is 1.86 bits per heavy atom. The molecule has 2 aromatic rings.